The van der Waals surface area contributed by atoms with Crippen LogP contribution < -0.4 is 9.64 Å². The number of carbonyl (C=O) groups is 1. The number of ether oxygens (including phenoxy) is 1. The highest BCUT2D eigenvalue weighted by molar-refractivity contribution is 6.08. The third-order valence-electron chi connectivity index (χ3n) is 3.39. The molecule has 0 spiro atoms. The van der Waals surface area contributed by atoms with Gasteiger partial charge in [0.05, 0.1) is 12.3 Å². The molecule has 3 rings (SSSR count). The largest absolute Gasteiger partial charge is 0.507 e. The van der Waals surface area contributed by atoms with Crippen LogP contribution >= 0.6 is 0 Å². The molecule has 1 aliphatic heterocycles. The van der Waals surface area contributed by atoms with Crippen molar-refractivity contribution in [2.75, 3.05) is 18.1 Å². The number of anilines is 1. The Labute approximate surface area is 121 Å². The van der Waals surface area contributed by atoms with E-state index < -0.39 is 11.7 Å². The normalized spacial score (nSPS) is 14.0. The van der Waals surface area contributed by atoms with E-state index in [4.69, 9.17) is 4.74 Å². The second-order valence-electron chi connectivity index (χ2n) is 4.76. The molecule has 2 aromatic rings. The van der Waals surface area contributed by atoms with Gasteiger partial charge in [-0.15, -0.1) is 0 Å². The van der Waals surface area contributed by atoms with E-state index in [9.17, 15) is 14.3 Å². The SMILES string of the molecule is O=C(c1c(O)cccc1F)N1CCCOc2ccccc21. The molecule has 21 heavy (non-hydrogen) atoms. The van der Waals surface area contributed by atoms with Crippen molar-refractivity contribution in [1.29, 1.82) is 0 Å². The summed E-state index contributed by atoms with van der Waals surface area (Å²) in [6.45, 7) is 0.896. The molecule has 2 aromatic carbocycles. The first-order chi connectivity index (χ1) is 10.2. The minimum absolute atomic E-state index is 0.311. The van der Waals surface area contributed by atoms with Crippen LogP contribution in [-0.2, 0) is 0 Å². The standard InChI is InChI=1S/C16H14FNO3/c17-11-5-3-7-13(19)15(11)16(20)18-9-4-10-21-14-8-2-1-6-12(14)18/h1-3,5-8,19H,4,9-10H2. The van der Waals surface area contributed by atoms with E-state index in [0.29, 0.717) is 31.0 Å². The fourth-order valence-electron chi connectivity index (χ4n) is 2.40. The van der Waals surface area contributed by atoms with Crippen LogP contribution in [0, 0.1) is 5.82 Å². The second kappa shape index (κ2) is 5.44. The highest BCUT2D eigenvalue weighted by atomic mass is 19.1. The maximum atomic E-state index is 13.9. The first-order valence-corrected chi connectivity index (χ1v) is 6.69. The summed E-state index contributed by atoms with van der Waals surface area (Å²) >= 11 is 0. The van der Waals surface area contributed by atoms with E-state index >= 15 is 0 Å². The monoisotopic (exact) mass is 287 g/mol. The van der Waals surface area contributed by atoms with Crippen molar-refractivity contribution in [2.45, 2.75) is 6.42 Å². The molecule has 0 aromatic heterocycles. The molecular formula is C16H14FNO3. The lowest BCUT2D eigenvalue weighted by atomic mass is 10.1. The topological polar surface area (TPSA) is 49.8 Å². The summed E-state index contributed by atoms with van der Waals surface area (Å²) in [5, 5.41) is 9.79. The molecule has 4 nitrogen and oxygen atoms in total. The van der Waals surface area contributed by atoms with Crippen LogP contribution in [0.2, 0.25) is 0 Å². The molecular weight excluding hydrogens is 273 g/mol. The van der Waals surface area contributed by atoms with Gasteiger partial charge in [-0.25, -0.2) is 4.39 Å². The second-order valence-corrected chi connectivity index (χ2v) is 4.76. The van der Waals surface area contributed by atoms with Gasteiger partial charge in [-0.3, -0.25) is 4.79 Å². The average Bonchev–Trinajstić information content (AvgIpc) is 2.69. The van der Waals surface area contributed by atoms with Crippen molar-refractivity contribution < 1.29 is 19.0 Å². The Morgan fingerprint density at radius 3 is 2.81 bits per heavy atom. The summed E-state index contributed by atoms with van der Waals surface area (Å²) in [6.07, 6.45) is 0.635. The number of hydrogen-bond acceptors (Lipinski definition) is 3. The van der Waals surface area contributed by atoms with Gasteiger partial charge in [-0.2, -0.15) is 0 Å². The zero-order chi connectivity index (χ0) is 14.8. The van der Waals surface area contributed by atoms with Crippen molar-refractivity contribution >= 4 is 11.6 Å². The number of para-hydroxylation sites is 2. The number of carbonyl (C=O) groups excluding carboxylic acids is 1. The number of hydrogen-bond donors (Lipinski definition) is 1. The smallest absolute Gasteiger partial charge is 0.265 e. The Morgan fingerprint density at radius 2 is 2.00 bits per heavy atom. The van der Waals surface area contributed by atoms with E-state index in [1.807, 2.05) is 6.07 Å². The molecule has 0 bridgehead atoms. The van der Waals surface area contributed by atoms with E-state index in [0.717, 1.165) is 6.07 Å². The molecule has 0 saturated heterocycles. The lowest BCUT2D eigenvalue weighted by molar-refractivity contribution is 0.0980. The molecule has 1 aliphatic rings. The van der Waals surface area contributed by atoms with Gasteiger partial charge >= 0.3 is 0 Å². The van der Waals surface area contributed by atoms with Gasteiger partial charge in [0.2, 0.25) is 0 Å². The lowest BCUT2D eigenvalue weighted by Gasteiger charge is -2.22. The van der Waals surface area contributed by atoms with Gasteiger partial charge in [0.15, 0.2) is 0 Å². The van der Waals surface area contributed by atoms with Crippen molar-refractivity contribution in [1.82, 2.24) is 0 Å². The highest BCUT2D eigenvalue weighted by Gasteiger charge is 2.27. The number of nitrogens with zero attached hydrogens (tertiary/aromatic N) is 1. The fourth-order valence-corrected chi connectivity index (χ4v) is 2.40. The molecule has 0 radical (unpaired) electrons. The summed E-state index contributed by atoms with van der Waals surface area (Å²) in [5.41, 5.74) is 0.275. The Bertz CT molecular complexity index is 667. The molecule has 1 N–H and O–H groups in total. The molecule has 0 fully saturated rings. The maximum absolute atomic E-state index is 13.9. The molecule has 0 aliphatic carbocycles. The van der Waals surface area contributed by atoms with Crippen LogP contribution in [0.3, 0.4) is 0 Å². The van der Waals surface area contributed by atoms with Gasteiger partial charge in [0, 0.05) is 6.54 Å². The van der Waals surface area contributed by atoms with Crippen LogP contribution in [0.4, 0.5) is 10.1 Å². The maximum Gasteiger partial charge on any atom is 0.265 e. The molecule has 1 heterocycles. The number of rotatable bonds is 1. The number of phenolic OH excluding ortho intramolecular Hbond substituents is 1. The summed E-state index contributed by atoms with van der Waals surface area (Å²) in [4.78, 5) is 14.1. The summed E-state index contributed by atoms with van der Waals surface area (Å²) in [5.74, 6) is -1.08. The van der Waals surface area contributed by atoms with E-state index in [2.05, 4.69) is 0 Å². The van der Waals surface area contributed by atoms with Crippen molar-refractivity contribution in [3.8, 4) is 11.5 Å². The number of benzene rings is 2. The predicted octanol–water partition coefficient (Wildman–Crippen LogP) is 2.96. The van der Waals surface area contributed by atoms with Gasteiger partial charge in [0.25, 0.3) is 5.91 Å². The van der Waals surface area contributed by atoms with E-state index in [1.165, 1.54) is 17.0 Å². The number of fused-ring (bicyclic) bond motifs is 1. The van der Waals surface area contributed by atoms with Crippen molar-refractivity contribution in [3.63, 3.8) is 0 Å². The summed E-state index contributed by atoms with van der Waals surface area (Å²) in [6, 6.07) is 10.9. The highest BCUT2D eigenvalue weighted by Crippen LogP contribution is 2.33. The molecule has 0 unspecified atom stereocenters. The Morgan fingerprint density at radius 1 is 1.19 bits per heavy atom. The first kappa shape index (κ1) is 13.4. The van der Waals surface area contributed by atoms with Crippen LogP contribution in [0.1, 0.15) is 16.8 Å². The lowest BCUT2D eigenvalue weighted by Crippen LogP contribution is -2.32. The Balaban J connectivity index is 2.06. The Hall–Kier alpha value is -2.56. The molecule has 108 valence electrons. The van der Waals surface area contributed by atoms with Crippen LogP contribution in [0.15, 0.2) is 42.5 Å². The zero-order valence-electron chi connectivity index (χ0n) is 11.3. The average molecular weight is 287 g/mol. The molecule has 1 amide bonds. The van der Waals surface area contributed by atoms with E-state index in [-0.39, 0.29) is 11.3 Å². The summed E-state index contributed by atoms with van der Waals surface area (Å²) < 4.78 is 19.5. The Kier molecular flexibility index (Phi) is 3.48. The third-order valence-corrected chi connectivity index (χ3v) is 3.39. The fraction of sp³-hybridized carbons (Fsp3) is 0.188. The van der Waals surface area contributed by atoms with Crippen LogP contribution in [0.25, 0.3) is 0 Å². The zero-order valence-corrected chi connectivity index (χ0v) is 11.3. The summed E-state index contributed by atoms with van der Waals surface area (Å²) in [7, 11) is 0. The van der Waals surface area contributed by atoms with Gasteiger partial charge < -0.3 is 14.7 Å². The van der Waals surface area contributed by atoms with Crippen LogP contribution in [0.5, 0.6) is 11.5 Å². The minimum Gasteiger partial charge on any atom is -0.507 e. The number of halogens is 1. The van der Waals surface area contributed by atoms with Gasteiger partial charge in [-0.05, 0) is 30.7 Å². The number of amides is 1. The van der Waals surface area contributed by atoms with Gasteiger partial charge in [-0.1, -0.05) is 18.2 Å². The number of phenols is 1. The van der Waals surface area contributed by atoms with Crippen molar-refractivity contribution in [2.24, 2.45) is 0 Å². The molecule has 5 heteroatoms. The molecule has 0 saturated carbocycles. The van der Waals surface area contributed by atoms with Crippen LogP contribution in [-0.4, -0.2) is 24.2 Å². The van der Waals surface area contributed by atoms with E-state index in [1.54, 1.807) is 18.2 Å². The molecule has 0 atom stereocenters. The minimum atomic E-state index is -0.734. The quantitative estimate of drug-likeness (QED) is 0.877. The third kappa shape index (κ3) is 2.42. The van der Waals surface area contributed by atoms with Gasteiger partial charge in [0.1, 0.15) is 22.9 Å². The first-order valence-electron chi connectivity index (χ1n) is 6.69. The van der Waals surface area contributed by atoms with Crippen molar-refractivity contribution in [3.05, 3.63) is 53.8 Å². The number of aromatic hydroxyl groups is 1. The predicted molar refractivity (Wildman–Crippen MR) is 76.3 cm³/mol.